The first kappa shape index (κ1) is 20.4. The Morgan fingerprint density at radius 3 is 2.74 bits per heavy atom. The summed E-state index contributed by atoms with van der Waals surface area (Å²) < 4.78 is 6.58. The van der Waals surface area contributed by atoms with Gasteiger partial charge in [-0.15, -0.1) is 11.3 Å². The molecule has 2 heterocycles. The van der Waals surface area contributed by atoms with E-state index in [2.05, 4.69) is 4.98 Å². The van der Waals surface area contributed by atoms with E-state index in [1.807, 2.05) is 30.3 Å². The van der Waals surface area contributed by atoms with Crippen LogP contribution in [0.1, 0.15) is 18.5 Å². The Labute approximate surface area is 180 Å². The van der Waals surface area contributed by atoms with Crippen LogP contribution in [0.2, 0.25) is 0 Å². The van der Waals surface area contributed by atoms with Gasteiger partial charge in [-0.3, -0.25) is 19.5 Å². The zero-order valence-electron chi connectivity index (χ0n) is 16.4. The van der Waals surface area contributed by atoms with E-state index >= 15 is 0 Å². The highest BCUT2D eigenvalue weighted by Gasteiger charge is 2.22. The summed E-state index contributed by atoms with van der Waals surface area (Å²) in [5.41, 5.74) is 1.45. The fraction of sp³-hybridized carbons (Fsp3) is 0.136. The van der Waals surface area contributed by atoms with Gasteiger partial charge in [-0.2, -0.15) is 0 Å². The van der Waals surface area contributed by atoms with Crippen molar-refractivity contribution in [3.05, 3.63) is 92.3 Å². The van der Waals surface area contributed by atoms with Crippen LogP contribution in [0, 0.1) is 10.1 Å². The van der Waals surface area contributed by atoms with E-state index in [9.17, 15) is 19.7 Å². The molecule has 0 fully saturated rings. The van der Waals surface area contributed by atoms with Crippen LogP contribution in [0.3, 0.4) is 0 Å². The Morgan fingerprint density at radius 1 is 1.23 bits per heavy atom. The highest BCUT2D eigenvalue weighted by Crippen LogP contribution is 2.32. The van der Waals surface area contributed by atoms with Gasteiger partial charge in [0.2, 0.25) is 0 Å². The molecule has 0 aliphatic heterocycles. The summed E-state index contributed by atoms with van der Waals surface area (Å²) in [4.78, 5) is 41.2. The van der Waals surface area contributed by atoms with E-state index in [0.717, 1.165) is 5.56 Å². The molecule has 0 saturated heterocycles. The summed E-state index contributed by atoms with van der Waals surface area (Å²) in [6.07, 6.45) is 1.33. The van der Waals surface area contributed by atoms with Gasteiger partial charge >= 0.3 is 5.97 Å². The topological polar surface area (TPSA) is 104 Å². The number of aromatic nitrogens is 2. The monoisotopic (exact) mass is 435 g/mol. The third kappa shape index (κ3) is 4.08. The quantitative estimate of drug-likeness (QED) is 0.253. The van der Waals surface area contributed by atoms with E-state index in [1.165, 1.54) is 34.4 Å². The third-order valence-corrected chi connectivity index (χ3v) is 5.76. The van der Waals surface area contributed by atoms with Gasteiger partial charge in [0.15, 0.2) is 0 Å². The normalized spacial score (nSPS) is 11.9. The van der Waals surface area contributed by atoms with E-state index in [4.69, 9.17) is 4.74 Å². The van der Waals surface area contributed by atoms with Crippen molar-refractivity contribution < 1.29 is 14.5 Å². The summed E-state index contributed by atoms with van der Waals surface area (Å²) in [6.45, 7) is 1.67. The van der Waals surface area contributed by atoms with Crippen LogP contribution in [0.4, 0.5) is 5.69 Å². The number of carbonyl (C=O) groups excluding carboxylic acids is 1. The Hall–Kier alpha value is -3.85. The zero-order valence-corrected chi connectivity index (χ0v) is 17.2. The predicted octanol–water partition coefficient (Wildman–Crippen LogP) is 4.34. The largest absolute Gasteiger partial charge is 0.459 e. The maximum atomic E-state index is 13.2. The first-order valence-electron chi connectivity index (χ1n) is 9.39. The molecule has 1 unspecified atom stereocenters. The van der Waals surface area contributed by atoms with Crippen molar-refractivity contribution in [3.63, 3.8) is 0 Å². The molecule has 0 N–H and O–H groups in total. The Kier molecular flexibility index (Phi) is 5.59. The lowest BCUT2D eigenvalue weighted by Gasteiger charge is -2.14. The number of non-ortho nitro benzene ring substituents is 1. The van der Waals surface area contributed by atoms with Crippen molar-refractivity contribution in [1.29, 1.82) is 0 Å². The molecule has 4 aromatic rings. The molecule has 0 saturated carbocycles. The fourth-order valence-corrected chi connectivity index (χ4v) is 4.09. The number of nitro benzene ring substituents is 1. The van der Waals surface area contributed by atoms with Crippen LogP contribution in [0.5, 0.6) is 0 Å². The van der Waals surface area contributed by atoms with Crippen molar-refractivity contribution in [2.24, 2.45) is 0 Å². The van der Waals surface area contributed by atoms with Gasteiger partial charge in [-0.05, 0) is 18.1 Å². The van der Waals surface area contributed by atoms with Crippen molar-refractivity contribution in [3.8, 4) is 11.1 Å². The minimum absolute atomic E-state index is 0.0704. The lowest BCUT2D eigenvalue weighted by atomic mass is 10.1. The number of benzene rings is 2. The Morgan fingerprint density at radius 2 is 2.00 bits per heavy atom. The van der Waals surface area contributed by atoms with Gasteiger partial charge in [0, 0.05) is 23.1 Å². The van der Waals surface area contributed by atoms with Crippen LogP contribution in [0.25, 0.3) is 21.3 Å². The van der Waals surface area contributed by atoms with Crippen LogP contribution in [-0.4, -0.2) is 20.4 Å². The number of carbonyl (C=O) groups is 1. The second kappa shape index (κ2) is 8.49. The van der Waals surface area contributed by atoms with Crippen molar-refractivity contribution >= 4 is 33.2 Å². The Balaban J connectivity index is 1.67. The van der Waals surface area contributed by atoms with Gasteiger partial charge in [0.25, 0.3) is 11.2 Å². The average Bonchev–Trinajstić information content (AvgIpc) is 3.23. The number of thiophene rings is 1. The molecule has 4 rings (SSSR count). The first-order valence-corrected chi connectivity index (χ1v) is 10.3. The molecule has 0 aliphatic rings. The number of esters is 1. The average molecular weight is 435 g/mol. The van der Waals surface area contributed by atoms with Gasteiger partial charge in [-0.1, -0.05) is 42.5 Å². The van der Waals surface area contributed by atoms with Crippen LogP contribution in [0.15, 0.2) is 71.1 Å². The zero-order chi connectivity index (χ0) is 22.0. The molecule has 2 aromatic carbocycles. The molecule has 1 atom stereocenters. The van der Waals surface area contributed by atoms with Crippen molar-refractivity contribution in [1.82, 2.24) is 9.55 Å². The van der Waals surface area contributed by atoms with Gasteiger partial charge in [-0.25, -0.2) is 9.78 Å². The molecular formula is C22H17N3O5S. The van der Waals surface area contributed by atoms with Crippen LogP contribution < -0.4 is 5.56 Å². The molecule has 0 bridgehead atoms. The molecule has 31 heavy (non-hydrogen) atoms. The number of nitro groups is 1. The molecule has 0 radical (unpaired) electrons. The minimum atomic E-state index is -0.883. The van der Waals surface area contributed by atoms with Gasteiger partial charge in [0.1, 0.15) is 17.5 Å². The lowest BCUT2D eigenvalue weighted by Crippen LogP contribution is -2.29. The maximum absolute atomic E-state index is 13.2. The molecule has 0 spiro atoms. The fourth-order valence-electron chi connectivity index (χ4n) is 3.18. The van der Waals surface area contributed by atoms with E-state index in [-0.39, 0.29) is 12.3 Å². The summed E-state index contributed by atoms with van der Waals surface area (Å²) in [6, 6.07) is 14.4. The smallest absolute Gasteiger partial charge is 0.329 e. The number of hydrogen-bond acceptors (Lipinski definition) is 7. The minimum Gasteiger partial charge on any atom is -0.459 e. The Bertz CT molecular complexity index is 1330. The molecule has 0 amide bonds. The van der Waals surface area contributed by atoms with Gasteiger partial charge in [0.05, 0.1) is 16.6 Å². The van der Waals surface area contributed by atoms with Crippen molar-refractivity contribution in [2.75, 3.05) is 0 Å². The summed E-state index contributed by atoms with van der Waals surface area (Å²) in [7, 11) is 0. The summed E-state index contributed by atoms with van der Waals surface area (Å²) >= 11 is 1.26. The molecule has 156 valence electrons. The highest BCUT2D eigenvalue weighted by molar-refractivity contribution is 7.17. The molecule has 0 aliphatic carbocycles. The van der Waals surface area contributed by atoms with E-state index in [0.29, 0.717) is 21.3 Å². The number of hydrogen-bond donors (Lipinski definition) is 0. The predicted molar refractivity (Wildman–Crippen MR) is 117 cm³/mol. The summed E-state index contributed by atoms with van der Waals surface area (Å²) in [5.74, 6) is -0.556. The van der Waals surface area contributed by atoms with Gasteiger partial charge < -0.3 is 4.74 Å². The maximum Gasteiger partial charge on any atom is 0.329 e. The lowest BCUT2D eigenvalue weighted by molar-refractivity contribution is -0.384. The van der Waals surface area contributed by atoms with E-state index in [1.54, 1.807) is 24.4 Å². The van der Waals surface area contributed by atoms with Crippen LogP contribution in [-0.2, 0) is 16.1 Å². The number of fused-ring (bicyclic) bond motifs is 1. The third-order valence-electron chi connectivity index (χ3n) is 4.87. The van der Waals surface area contributed by atoms with Crippen LogP contribution >= 0.6 is 11.3 Å². The molecule has 8 nitrogen and oxygen atoms in total. The van der Waals surface area contributed by atoms with E-state index < -0.39 is 22.5 Å². The SMILES string of the molecule is CC(C(=O)OCc1ccccc1)n1cnc2scc(-c3cccc([N+](=O)[O-])c3)c2c1=O. The van der Waals surface area contributed by atoms with Crippen molar-refractivity contribution in [2.45, 2.75) is 19.6 Å². The number of ether oxygens (including phenoxy) is 1. The summed E-state index contributed by atoms with van der Waals surface area (Å²) in [5, 5.41) is 13.2. The number of nitrogens with zero attached hydrogens (tertiary/aromatic N) is 3. The second-order valence-corrected chi connectivity index (χ2v) is 7.72. The first-order chi connectivity index (χ1) is 15.0. The molecular weight excluding hydrogens is 418 g/mol. The second-order valence-electron chi connectivity index (χ2n) is 6.86. The number of rotatable bonds is 6. The highest BCUT2D eigenvalue weighted by atomic mass is 32.1. The molecule has 9 heteroatoms. The molecule has 2 aromatic heterocycles. The standard InChI is InChI=1S/C22H17N3O5S/c1-14(22(27)30-11-15-6-3-2-4-7-15)24-13-23-20-19(21(24)26)18(12-31-20)16-8-5-9-17(10-16)25(28)29/h2-10,12-14H,11H2,1H3.